The molecule has 4 nitrogen and oxygen atoms in total. The fourth-order valence-electron chi connectivity index (χ4n) is 1.12. The molecule has 0 saturated carbocycles. The second-order valence-electron chi connectivity index (χ2n) is 3.86. The van der Waals surface area contributed by atoms with Crippen LogP contribution >= 0.6 is 11.6 Å². The van der Waals surface area contributed by atoms with Crippen molar-refractivity contribution in [1.82, 2.24) is 0 Å². The minimum absolute atomic E-state index is 0.0741. The van der Waals surface area contributed by atoms with E-state index in [0.29, 0.717) is 5.69 Å². The number of aliphatic hydroxyl groups is 2. The van der Waals surface area contributed by atoms with Crippen molar-refractivity contribution in [3.8, 4) is 0 Å². The van der Waals surface area contributed by atoms with E-state index < -0.39 is 11.4 Å². The van der Waals surface area contributed by atoms with Gasteiger partial charge in [-0.1, -0.05) is 11.6 Å². The maximum Gasteiger partial charge on any atom is 0.143 e. The lowest BCUT2D eigenvalue weighted by Gasteiger charge is -2.28. The number of rotatable bonds is 4. The Morgan fingerprint density at radius 3 is 2.50 bits per heavy atom. The lowest BCUT2D eigenvalue weighted by atomic mass is 10.0. The van der Waals surface area contributed by atoms with Crippen molar-refractivity contribution in [3.05, 3.63) is 23.0 Å². The predicted octanol–water partition coefficient (Wildman–Crippen LogP) is 1.22. The quantitative estimate of drug-likeness (QED) is 0.604. The normalized spacial score (nSPS) is 11.6. The summed E-state index contributed by atoms with van der Waals surface area (Å²) in [5.41, 5.74) is 5.18. The number of hydrogen-bond donors (Lipinski definition) is 4. The number of nitrogens with two attached hydrogens (primary N) is 1. The van der Waals surface area contributed by atoms with Crippen LogP contribution in [0.3, 0.4) is 0 Å². The Kier molecular flexibility index (Phi) is 3.96. The average Bonchev–Trinajstić information content (AvgIpc) is 2.25. The summed E-state index contributed by atoms with van der Waals surface area (Å²) in [7, 11) is 0. The van der Waals surface area contributed by atoms with E-state index in [1.54, 1.807) is 6.92 Å². The molecular weight excluding hydrogens is 235 g/mol. The van der Waals surface area contributed by atoms with Crippen molar-refractivity contribution in [3.63, 3.8) is 0 Å². The van der Waals surface area contributed by atoms with Gasteiger partial charge >= 0.3 is 0 Å². The molecule has 5 N–H and O–H groups in total. The zero-order valence-corrected chi connectivity index (χ0v) is 9.55. The van der Waals surface area contributed by atoms with Gasteiger partial charge in [-0.05, 0) is 13.0 Å². The molecule has 1 rings (SSSR count). The largest absolute Gasteiger partial charge is 0.397 e. The molecule has 1 aromatic carbocycles. The lowest BCUT2D eigenvalue weighted by molar-refractivity contribution is 0.147. The van der Waals surface area contributed by atoms with Gasteiger partial charge in [0.05, 0.1) is 35.2 Å². The molecule has 0 unspecified atom stereocenters. The minimum atomic E-state index is -0.935. The Morgan fingerprint density at radius 2 is 2.00 bits per heavy atom. The molecular formula is C10H14ClFN2O2. The summed E-state index contributed by atoms with van der Waals surface area (Å²) in [4.78, 5) is 0. The van der Waals surface area contributed by atoms with E-state index in [9.17, 15) is 4.39 Å². The highest BCUT2D eigenvalue weighted by molar-refractivity contribution is 6.31. The minimum Gasteiger partial charge on any atom is -0.397 e. The van der Waals surface area contributed by atoms with Gasteiger partial charge in [-0.25, -0.2) is 4.39 Å². The summed E-state index contributed by atoms with van der Waals surface area (Å²) < 4.78 is 13.0. The van der Waals surface area contributed by atoms with E-state index in [0.717, 1.165) is 6.07 Å². The van der Waals surface area contributed by atoms with Gasteiger partial charge in [0, 0.05) is 6.07 Å². The summed E-state index contributed by atoms with van der Waals surface area (Å²) in [5.74, 6) is -0.612. The molecule has 0 heterocycles. The second-order valence-corrected chi connectivity index (χ2v) is 4.26. The summed E-state index contributed by atoms with van der Waals surface area (Å²) >= 11 is 5.61. The van der Waals surface area contributed by atoms with Crippen LogP contribution in [0.25, 0.3) is 0 Å². The Morgan fingerprint density at radius 1 is 1.44 bits per heavy atom. The molecule has 90 valence electrons. The molecule has 0 aromatic heterocycles. The molecule has 0 aliphatic carbocycles. The molecule has 0 aliphatic rings. The van der Waals surface area contributed by atoms with E-state index in [-0.39, 0.29) is 23.9 Å². The van der Waals surface area contributed by atoms with Gasteiger partial charge in [0.2, 0.25) is 0 Å². The number of halogens is 2. The summed E-state index contributed by atoms with van der Waals surface area (Å²) in [6, 6.07) is 2.40. The fraction of sp³-hybridized carbons (Fsp3) is 0.400. The highest BCUT2D eigenvalue weighted by Gasteiger charge is 2.23. The van der Waals surface area contributed by atoms with Crippen LogP contribution in [0.2, 0.25) is 5.02 Å². The van der Waals surface area contributed by atoms with Gasteiger partial charge in [0.25, 0.3) is 0 Å². The van der Waals surface area contributed by atoms with Crippen LogP contribution < -0.4 is 11.1 Å². The van der Waals surface area contributed by atoms with Crippen molar-refractivity contribution in [2.45, 2.75) is 12.5 Å². The third-order valence-corrected chi connectivity index (χ3v) is 2.52. The van der Waals surface area contributed by atoms with Crippen LogP contribution in [0.15, 0.2) is 12.1 Å². The molecule has 0 fully saturated rings. The van der Waals surface area contributed by atoms with Gasteiger partial charge in [0.15, 0.2) is 0 Å². The van der Waals surface area contributed by atoms with Gasteiger partial charge in [0.1, 0.15) is 5.82 Å². The van der Waals surface area contributed by atoms with Crippen LogP contribution in [0.1, 0.15) is 6.92 Å². The van der Waals surface area contributed by atoms with Crippen molar-refractivity contribution < 1.29 is 14.6 Å². The van der Waals surface area contributed by atoms with E-state index in [1.165, 1.54) is 6.07 Å². The number of nitrogens with one attached hydrogen (secondary N) is 1. The summed E-state index contributed by atoms with van der Waals surface area (Å²) in [5, 5.41) is 20.9. The first kappa shape index (κ1) is 13.0. The van der Waals surface area contributed by atoms with Crippen LogP contribution in [0, 0.1) is 5.82 Å². The first-order valence-electron chi connectivity index (χ1n) is 4.66. The zero-order valence-electron chi connectivity index (χ0n) is 8.80. The predicted molar refractivity (Wildman–Crippen MR) is 62.0 cm³/mol. The van der Waals surface area contributed by atoms with Gasteiger partial charge < -0.3 is 21.3 Å². The molecule has 0 bridgehead atoms. The molecule has 0 radical (unpaired) electrons. The zero-order chi connectivity index (χ0) is 12.3. The van der Waals surface area contributed by atoms with Crippen molar-refractivity contribution >= 4 is 23.0 Å². The smallest absolute Gasteiger partial charge is 0.143 e. The molecule has 0 amide bonds. The highest BCUT2D eigenvalue weighted by Crippen LogP contribution is 2.28. The molecule has 0 spiro atoms. The van der Waals surface area contributed by atoms with Crippen LogP contribution in [0.5, 0.6) is 0 Å². The Bertz CT molecular complexity index is 383. The second kappa shape index (κ2) is 4.86. The average molecular weight is 249 g/mol. The number of hydrogen-bond acceptors (Lipinski definition) is 4. The monoisotopic (exact) mass is 248 g/mol. The highest BCUT2D eigenvalue weighted by atomic mass is 35.5. The van der Waals surface area contributed by atoms with Crippen molar-refractivity contribution in [2.75, 3.05) is 24.3 Å². The standard InChI is InChI=1S/C10H14ClFN2O2/c1-10(4-15,5-16)14-9-2-6(11)7(12)3-8(9)13/h2-3,14-16H,4-5,13H2,1H3. The lowest BCUT2D eigenvalue weighted by Crippen LogP contribution is -2.42. The Hall–Kier alpha value is -1.04. The Labute approximate surface area is 97.8 Å². The number of nitrogen functional groups attached to an aromatic ring is 1. The van der Waals surface area contributed by atoms with Gasteiger partial charge in [-0.15, -0.1) is 0 Å². The topological polar surface area (TPSA) is 78.5 Å². The van der Waals surface area contributed by atoms with E-state index >= 15 is 0 Å². The summed E-state index contributed by atoms with van der Waals surface area (Å²) in [6.45, 7) is 1.01. The molecule has 0 atom stereocenters. The number of benzene rings is 1. The fourth-order valence-corrected chi connectivity index (χ4v) is 1.29. The molecule has 0 aliphatic heterocycles. The molecule has 0 saturated heterocycles. The third kappa shape index (κ3) is 2.75. The van der Waals surface area contributed by atoms with Gasteiger partial charge in [-0.3, -0.25) is 0 Å². The van der Waals surface area contributed by atoms with E-state index in [2.05, 4.69) is 5.32 Å². The van der Waals surface area contributed by atoms with Gasteiger partial charge in [-0.2, -0.15) is 0 Å². The van der Waals surface area contributed by atoms with Crippen LogP contribution in [-0.2, 0) is 0 Å². The van der Waals surface area contributed by atoms with E-state index in [4.69, 9.17) is 27.5 Å². The van der Waals surface area contributed by atoms with Crippen molar-refractivity contribution in [1.29, 1.82) is 0 Å². The summed E-state index contributed by atoms with van der Waals surface area (Å²) in [6.07, 6.45) is 0. The maximum atomic E-state index is 13.0. The SMILES string of the molecule is CC(CO)(CO)Nc1cc(Cl)c(F)cc1N. The third-order valence-electron chi connectivity index (χ3n) is 2.23. The number of aliphatic hydroxyl groups excluding tert-OH is 2. The number of anilines is 2. The van der Waals surface area contributed by atoms with E-state index in [1.807, 2.05) is 0 Å². The van der Waals surface area contributed by atoms with Crippen LogP contribution in [0.4, 0.5) is 15.8 Å². The Balaban J connectivity index is 3.01. The first-order chi connectivity index (χ1) is 7.41. The van der Waals surface area contributed by atoms with Crippen LogP contribution in [-0.4, -0.2) is 29.0 Å². The first-order valence-corrected chi connectivity index (χ1v) is 5.04. The molecule has 16 heavy (non-hydrogen) atoms. The molecule has 6 heteroatoms. The maximum absolute atomic E-state index is 13.0. The molecule has 1 aromatic rings. The van der Waals surface area contributed by atoms with Crippen molar-refractivity contribution in [2.24, 2.45) is 0 Å².